The maximum Gasteiger partial charge on any atom is 0.0759 e. The molecular formula is C6H13ClN2S. The van der Waals surface area contributed by atoms with Crippen molar-refractivity contribution in [1.29, 1.82) is 0 Å². The lowest BCUT2D eigenvalue weighted by Gasteiger charge is -2.20. The predicted octanol–water partition coefficient (Wildman–Crippen LogP) is 0.694. The van der Waals surface area contributed by atoms with Crippen LogP contribution in [0.2, 0.25) is 0 Å². The quantitative estimate of drug-likeness (QED) is 0.584. The third-order valence-corrected chi connectivity index (χ3v) is 2.07. The minimum Gasteiger partial charge on any atom is -0.393 e. The van der Waals surface area contributed by atoms with Gasteiger partial charge in [0.25, 0.3) is 0 Å². The summed E-state index contributed by atoms with van der Waals surface area (Å²) in [6.07, 6.45) is 2.24. The van der Waals surface area contributed by atoms with E-state index in [0.717, 1.165) is 25.9 Å². The SMILES string of the molecule is Cl.NC(=S)C1CCNCC1. The van der Waals surface area contributed by atoms with Gasteiger partial charge in [-0.15, -0.1) is 12.4 Å². The fraction of sp³-hybridized carbons (Fsp3) is 0.833. The number of hydrogen-bond donors (Lipinski definition) is 2. The van der Waals surface area contributed by atoms with Gasteiger partial charge in [0.05, 0.1) is 4.99 Å². The summed E-state index contributed by atoms with van der Waals surface area (Å²) in [5.74, 6) is 0.501. The Kier molecular flexibility index (Phi) is 4.95. The van der Waals surface area contributed by atoms with Crippen molar-refractivity contribution in [2.75, 3.05) is 13.1 Å². The molecule has 10 heavy (non-hydrogen) atoms. The molecule has 3 N–H and O–H groups in total. The number of nitrogens with two attached hydrogens (primary N) is 1. The Hall–Kier alpha value is 0.140. The Labute approximate surface area is 73.0 Å². The number of piperidine rings is 1. The van der Waals surface area contributed by atoms with Gasteiger partial charge in [0.15, 0.2) is 0 Å². The average molecular weight is 181 g/mol. The number of hydrogen-bond acceptors (Lipinski definition) is 2. The van der Waals surface area contributed by atoms with Gasteiger partial charge < -0.3 is 11.1 Å². The molecule has 1 aliphatic rings. The first-order chi connectivity index (χ1) is 4.30. The monoisotopic (exact) mass is 180 g/mol. The van der Waals surface area contributed by atoms with Gasteiger partial charge in [-0.2, -0.15) is 0 Å². The Morgan fingerprint density at radius 1 is 1.40 bits per heavy atom. The van der Waals surface area contributed by atoms with Gasteiger partial charge in [-0.1, -0.05) is 12.2 Å². The molecule has 0 spiro atoms. The fourth-order valence-corrected chi connectivity index (χ4v) is 1.34. The second kappa shape index (κ2) is 4.88. The van der Waals surface area contributed by atoms with Crippen molar-refractivity contribution < 1.29 is 0 Å². The van der Waals surface area contributed by atoms with Crippen molar-refractivity contribution in [3.05, 3.63) is 0 Å². The molecule has 1 fully saturated rings. The predicted molar refractivity (Wildman–Crippen MR) is 49.6 cm³/mol. The normalized spacial score (nSPS) is 19.6. The first-order valence-corrected chi connectivity index (χ1v) is 3.71. The van der Waals surface area contributed by atoms with Gasteiger partial charge in [-0.25, -0.2) is 0 Å². The summed E-state index contributed by atoms with van der Waals surface area (Å²) in [4.78, 5) is 0.691. The van der Waals surface area contributed by atoms with Gasteiger partial charge >= 0.3 is 0 Å². The summed E-state index contributed by atoms with van der Waals surface area (Å²) in [6.45, 7) is 2.14. The molecule has 0 aliphatic carbocycles. The van der Waals surface area contributed by atoms with Crippen LogP contribution in [0.4, 0.5) is 0 Å². The van der Waals surface area contributed by atoms with Crippen molar-refractivity contribution in [2.24, 2.45) is 11.7 Å². The standard InChI is InChI=1S/C6H12N2S.ClH/c7-6(9)5-1-3-8-4-2-5;/h5,8H,1-4H2,(H2,7,9);1H. The van der Waals surface area contributed by atoms with Gasteiger partial charge in [0, 0.05) is 5.92 Å². The highest BCUT2D eigenvalue weighted by atomic mass is 35.5. The second-order valence-electron chi connectivity index (χ2n) is 2.43. The largest absolute Gasteiger partial charge is 0.393 e. The molecule has 4 heteroatoms. The Bertz CT molecular complexity index is 112. The van der Waals surface area contributed by atoms with E-state index in [2.05, 4.69) is 5.32 Å². The number of halogens is 1. The Morgan fingerprint density at radius 2 is 1.90 bits per heavy atom. The molecule has 0 saturated carbocycles. The first-order valence-electron chi connectivity index (χ1n) is 3.31. The van der Waals surface area contributed by atoms with E-state index in [4.69, 9.17) is 18.0 Å². The molecule has 0 aromatic carbocycles. The summed E-state index contributed by atoms with van der Waals surface area (Å²) in [5.41, 5.74) is 5.47. The molecule has 0 aromatic heterocycles. The lowest BCUT2D eigenvalue weighted by atomic mass is 9.99. The smallest absolute Gasteiger partial charge is 0.0759 e. The molecule has 0 atom stereocenters. The van der Waals surface area contributed by atoms with E-state index in [-0.39, 0.29) is 12.4 Å². The molecular weight excluding hydrogens is 168 g/mol. The summed E-state index contributed by atoms with van der Waals surface area (Å²) in [5, 5.41) is 3.25. The zero-order valence-corrected chi connectivity index (χ0v) is 7.43. The van der Waals surface area contributed by atoms with E-state index in [1.54, 1.807) is 0 Å². The van der Waals surface area contributed by atoms with E-state index in [1.165, 1.54) is 0 Å². The average Bonchev–Trinajstić information content (AvgIpc) is 1.90. The molecule has 0 unspecified atom stereocenters. The summed E-state index contributed by atoms with van der Waals surface area (Å²) < 4.78 is 0. The van der Waals surface area contributed by atoms with E-state index in [0.29, 0.717) is 10.9 Å². The Balaban J connectivity index is 0.000000810. The van der Waals surface area contributed by atoms with Crippen LogP contribution >= 0.6 is 24.6 Å². The summed E-state index contributed by atoms with van der Waals surface area (Å²) in [7, 11) is 0. The van der Waals surface area contributed by atoms with E-state index >= 15 is 0 Å². The topological polar surface area (TPSA) is 38.0 Å². The van der Waals surface area contributed by atoms with Crippen LogP contribution in [0, 0.1) is 5.92 Å². The maximum atomic E-state index is 5.47. The van der Waals surface area contributed by atoms with Crippen LogP contribution in [0.5, 0.6) is 0 Å². The minimum atomic E-state index is 0. The molecule has 0 bridgehead atoms. The van der Waals surface area contributed by atoms with Crippen LogP contribution in [-0.2, 0) is 0 Å². The Morgan fingerprint density at radius 3 is 2.20 bits per heavy atom. The van der Waals surface area contributed by atoms with E-state index in [9.17, 15) is 0 Å². The number of rotatable bonds is 1. The lowest BCUT2D eigenvalue weighted by Crippen LogP contribution is -2.34. The zero-order chi connectivity index (χ0) is 6.69. The minimum absolute atomic E-state index is 0. The summed E-state index contributed by atoms with van der Waals surface area (Å²) in [6, 6.07) is 0. The van der Waals surface area contributed by atoms with Crippen LogP contribution in [-0.4, -0.2) is 18.1 Å². The third kappa shape index (κ3) is 2.82. The fourth-order valence-electron chi connectivity index (χ4n) is 1.11. The van der Waals surface area contributed by atoms with Crippen LogP contribution in [0.3, 0.4) is 0 Å². The molecule has 1 rings (SSSR count). The number of thiocarbonyl (C=S) groups is 1. The van der Waals surface area contributed by atoms with Crippen molar-refractivity contribution in [3.63, 3.8) is 0 Å². The highest BCUT2D eigenvalue weighted by molar-refractivity contribution is 7.80. The summed E-state index contributed by atoms with van der Waals surface area (Å²) >= 11 is 4.87. The van der Waals surface area contributed by atoms with Gasteiger partial charge in [0.2, 0.25) is 0 Å². The van der Waals surface area contributed by atoms with Gasteiger partial charge in [-0.3, -0.25) is 0 Å². The molecule has 1 aliphatic heterocycles. The van der Waals surface area contributed by atoms with Crippen molar-refractivity contribution in [1.82, 2.24) is 5.32 Å². The molecule has 2 nitrogen and oxygen atoms in total. The van der Waals surface area contributed by atoms with E-state index in [1.807, 2.05) is 0 Å². The van der Waals surface area contributed by atoms with Crippen LogP contribution in [0.25, 0.3) is 0 Å². The molecule has 0 radical (unpaired) electrons. The lowest BCUT2D eigenvalue weighted by molar-refractivity contribution is 0.458. The van der Waals surface area contributed by atoms with Crippen molar-refractivity contribution in [2.45, 2.75) is 12.8 Å². The highest BCUT2D eigenvalue weighted by Gasteiger charge is 2.14. The van der Waals surface area contributed by atoms with Crippen LogP contribution in [0.1, 0.15) is 12.8 Å². The maximum absolute atomic E-state index is 5.47. The molecule has 1 heterocycles. The van der Waals surface area contributed by atoms with E-state index < -0.39 is 0 Å². The van der Waals surface area contributed by atoms with Crippen molar-refractivity contribution in [3.8, 4) is 0 Å². The van der Waals surface area contributed by atoms with Gasteiger partial charge in [0.1, 0.15) is 0 Å². The molecule has 0 aromatic rings. The first kappa shape index (κ1) is 10.1. The second-order valence-corrected chi connectivity index (χ2v) is 2.90. The van der Waals surface area contributed by atoms with Gasteiger partial charge in [-0.05, 0) is 25.9 Å². The van der Waals surface area contributed by atoms with Crippen LogP contribution in [0.15, 0.2) is 0 Å². The number of nitrogens with one attached hydrogen (secondary N) is 1. The molecule has 0 amide bonds. The van der Waals surface area contributed by atoms with Crippen LogP contribution < -0.4 is 11.1 Å². The third-order valence-electron chi connectivity index (χ3n) is 1.74. The highest BCUT2D eigenvalue weighted by Crippen LogP contribution is 2.10. The molecule has 1 saturated heterocycles. The molecule has 60 valence electrons. The van der Waals surface area contributed by atoms with Crippen molar-refractivity contribution >= 4 is 29.6 Å². The zero-order valence-electron chi connectivity index (χ0n) is 5.80.